The van der Waals surface area contributed by atoms with Gasteiger partial charge >= 0.3 is 0 Å². The van der Waals surface area contributed by atoms with Crippen LogP contribution in [0.5, 0.6) is 0 Å². The lowest BCUT2D eigenvalue weighted by Gasteiger charge is -2.22. The summed E-state index contributed by atoms with van der Waals surface area (Å²) in [6.07, 6.45) is 3.33. The van der Waals surface area contributed by atoms with Gasteiger partial charge in [-0.05, 0) is 31.0 Å². The molecule has 3 aromatic heterocycles. The van der Waals surface area contributed by atoms with Gasteiger partial charge in [-0.1, -0.05) is 65.7 Å². The Morgan fingerprint density at radius 2 is 1.75 bits per heavy atom. The molecule has 0 radical (unpaired) electrons. The molecule has 0 aliphatic carbocycles. The van der Waals surface area contributed by atoms with Gasteiger partial charge in [0.05, 0.1) is 0 Å². The number of benzene rings is 2. The Bertz CT molecular complexity index is 1440. The number of carbonyl (C=O) groups excluding carboxylic acids is 1. The molecule has 0 fully saturated rings. The maximum absolute atomic E-state index is 13.9. The van der Waals surface area contributed by atoms with Crippen molar-refractivity contribution in [1.82, 2.24) is 24.5 Å². The van der Waals surface area contributed by atoms with Crippen LogP contribution in [0.1, 0.15) is 27.2 Å². The standard InChI is InChI=1S/C26H23N5O/c1-17-12-18(2)14-19(13-17)15-30(3)26(32)24-22(20-8-5-4-6-9-20)21-10-7-11-27-23(21)25-29-28-16-31(24)25/h4-14,16H,15H2,1-3H3. The van der Waals surface area contributed by atoms with Gasteiger partial charge in [-0.25, -0.2) is 0 Å². The number of aromatic nitrogens is 4. The predicted octanol–water partition coefficient (Wildman–Crippen LogP) is 4.83. The number of hydrogen-bond donors (Lipinski definition) is 0. The van der Waals surface area contributed by atoms with Gasteiger partial charge in [-0.2, -0.15) is 0 Å². The highest BCUT2D eigenvalue weighted by molar-refractivity contribution is 6.11. The molecule has 0 saturated carbocycles. The minimum absolute atomic E-state index is 0.0986. The molecule has 0 atom stereocenters. The van der Waals surface area contributed by atoms with Crippen LogP contribution >= 0.6 is 0 Å². The molecule has 5 aromatic rings. The number of carbonyl (C=O) groups is 1. The summed E-state index contributed by atoms with van der Waals surface area (Å²) >= 11 is 0. The second-order valence-electron chi connectivity index (χ2n) is 8.17. The Kier molecular flexibility index (Phi) is 4.90. The smallest absolute Gasteiger partial charge is 0.271 e. The first-order valence-corrected chi connectivity index (χ1v) is 10.5. The van der Waals surface area contributed by atoms with Gasteiger partial charge in [0.25, 0.3) is 5.91 Å². The molecule has 0 aliphatic heterocycles. The molecule has 0 aliphatic rings. The Morgan fingerprint density at radius 3 is 2.50 bits per heavy atom. The monoisotopic (exact) mass is 421 g/mol. The van der Waals surface area contributed by atoms with E-state index >= 15 is 0 Å². The van der Waals surface area contributed by atoms with Gasteiger partial charge in [0.1, 0.15) is 17.5 Å². The van der Waals surface area contributed by atoms with Crippen LogP contribution in [0.15, 0.2) is 73.2 Å². The zero-order valence-corrected chi connectivity index (χ0v) is 18.3. The lowest BCUT2D eigenvalue weighted by molar-refractivity contribution is 0.0778. The van der Waals surface area contributed by atoms with Crippen molar-refractivity contribution in [1.29, 1.82) is 0 Å². The number of aryl methyl sites for hydroxylation is 2. The Hall–Kier alpha value is -4.06. The van der Waals surface area contributed by atoms with Crippen molar-refractivity contribution in [2.45, 2.75) is 20.4 Å². The van der Waals surface area contributed by atoms with Crippen molar-refractivity contribution in [3.05, 3.63) is 95.6 Å². The molecule has 0 saturated heterocycles. The number of amides is 1. The fraction of sp³-hybridized carbons (Fsp3) is 0.154. The number of hydrogen-bond acceptors (Lipinski definition) is 4. The first-order chi connectivity index (χ1) is 15.5. The van der Waals surface area contributed by atoms with Crippen molar-refractivity contribution >= 4 is 22.5 Å². The molecule has 1 amide bonds. The van der Waals surface area contributed by atoms with E-state index < -0.39 is 0 Å². The molecule has 5 rings (SSSR count). The van der Waals surface area contributed by atoms with Gasteiger partial charge < -0.3 is 4.90 Å². The SMILES string of the molecule is Cc1cc(C)cc(CN(C)C(=O)c2c(-c3ccccc3)c3cccnc3c3nncn23)c1. The van der Waals surface area contributed by atoms with E-state index in [0.29, 0.717) is 17.9 Å². The van der Waals surface area contributed by atoms with E-state index in [0.717, 1.165) is 27.6 Å². The van der Waals surface area contributed by atoms with Gasteiger partial charge in [0.2, 0.25) is 0 Å². The van der Waals surface area contributed by atoms with Crippen molar-refractivity contribution in [3.8, 4) is 11.1 Å². The topological polar surface area (TPSA) is 63.4 Å². The van der Waals surface area contributed by atoms with E-state index in [1.807, 2.05) is 49.5 Å². The van der Waals surface area contributed by atoms with Crippen LogP contribution in [-0.4, -0.2) is 37.4 Å². The summed E-state index contributed by atoms with van der Waals surface area (Å²) in [7, 11) is 1.83. The van der Waals surface area contributed by atoms with E-state index in [4.69, 9.17) is 0 Å². The average molecular weight is 422 g/mol. The molecule has 0 bridgehead atoms. The molecular formula is C26H23N5O. The summed E-state index contributed by atoms with van der Waals surface area (Å²) < 4.78 is 1.76. The van der Waals surface area contributed by atoms with Gasteiger partial charge in [-0.15, -0.1) is 10.2 Å². The number of fused-ring (bicyclic) bond motifs is 3. The summed E-state index contributed by atoms with van der Waals surface area (Å²) in [5.41, 5.74) is 7.07. The normalized spacial score (nSPS) is 11.2. The third kappa shape index (κ3) is 3.39. The van der Waals surface area contributed by atoms with Gasteiger partial charge in [-0.3, -0.25) is 14.2 Å². The van der Waals surface area contributed by atoms with E-state index in [9.17, 15) is 4.79 Å². The van der Waals surface area contributed by atoms with Crippen LogP contribution in [0.3, 0.4) is 0 Å². The van der Waals surface area contributed by atoms with Crippen LogP contribution < -0.4 is 0 Å². The Labute approximate surface area is 186 Å². The number of pyridine rings is 2. The number of rotatable bonds is 4. The molecule has 0 spiro atoms. The van der Waals surface area contributed by atoms with Crippen LogP contribution in [0.4, 0.5) is 0 Å². The zero-order chi connectivity index (χ0) is 22.2. The Morgan fingerprint density at radius 1 is 1.00 bits per heavy atom. The van der Waals surface area contributed by atoms with Crippen LogP contribution in [0.2, 0.25) is 0 Å². The van der Waals surface area contributed by atoms with E-state index in [-0.39, 0.29) is 5.91 Å². The largest absolute Gasteiger partial charge is 0.336 e. The quantitative estimate of drug-likeness (QED) is 0.417. The van der Waals surface area contributed by atoms with Crippen molar-refractivity contribution in [3.63, 3.8) is 0 Å². The summed E-state index contributed by atoms with van der Waals surface area (Å²) in [4.78, 5) is 20.2. The van der Waals surface area contributed by atoms with E-state index in [1.165, 1.54) is 11.1 Å². The average Bonchev–Trinajstić information content (AvgIpc) is 3.27. The molecule has 32 heavy (non-hydrogen) atoms. The maximum atomic E-state index is 13.9. The summed E-state index contributed by atoms with van der Waals surface area (Å²) in [5.74, 6) is -0.0986. The minimum atomic E-state index is -0.0986. The molecule has 0 unspecified atom stereocenters. The highest BCUT2D eigenvalue weighted by atomic mass is 16.2. The van der Waals surface area contributed by atoms with Crippen molar-refractivity contribution in [2.24, 2.45) is 0 Å². The summed E-state index contributed by atoms with van der Waals surface area (Å²) in [5, 5.41) is 9.25. The fourth-order valence-corrected chi connectivity index (χ4v) is 4.39. The third-order valence-electron chi connectivity index (χ3n) is 5.63. The highest BCUT2D eigenvalue weighted by Gasteiger charge is 2.25. The lowest BCUT2D eigenvalue weighted by Crippen LogP contribution is -2.29. The van der Waals surface area contributed by atoms with Crippen molar-refractivity contribution in [2.75, 3.05) is 7.05 Å². The highest BCUT2D eigenvalue weighted by Crippen LogP contribution is 2.34. The van der Waals surface area contributed by atoms with E-state index in [2.05, 4.69) is 47.2 Å². The first-order valence-electron chi connectivity index (χ1n) is 10.5. The van der Waals surface area contributed by atoms with Crippen molar-refractivity contribution < 1.29 is 4.79 Å². The van der Waals surface area contributed by atoms with Gasteiger partial charge in [0.15, 0.2) is 5.65 Å². The summed E-state index contributed by atoms with van der Waals surface area (Å²) in [6.45, 7) is 4.65. The molecular weight excluding hydrogens is 398 g/mol. The minimum Gasteiger partial charge on any atom is -0.336 e. The molecule has 3 heterocycles. The zero-order valence-electron chi connectivity index (χ0n) is 18.3. The second-order valence-corrected chi connectivity index (χ2v) is 8.17. The van der Waals surface area contributed by atoms with Gasteiger partial charge in [0, 0.05) is 30.7 Å². The van der Waals surface area contributed by atoms with Crippen LogP contribution in [-0.2, 0) is 6.54 Å². The molecule has 2 aromatic carbocycles. The van der Waals surface area contributed by atoms with Crippen LogP contribution in [0.25, 0.3) is 27.7 Å². The molecule has 158 valence electrons. The predicted molar refractivity (Wildman–Crippen MR) is 125 cm³/mol. The first kappa shape index (κ1) is 19.9. The molecule has 6 heteroatoms. The maximum Gasteiger partial charge on any atom is 0.271 e. The fourth-order valence-electron chi connectivity index (χ4n) is 4.39. The third-order valence-corrected chi connectivity index (χ3v) is 5.63. The second kappa shape index (κ2) is 7.89. The number of nitrogens with zero attached hydrogens (tertiary/aromatic N) is 5. The van der Waals surface area contributed by atoms with Crippen LogP contribution in [0, 0.1) is 13.8 Å². The lowest BCUT2D eigenvalue weighted by atomic mass is 9.98. The Balaban J connectivity index is 1.71. The summed E-state index contributed by atoms with van der Waals surface area (Å²) in [6, 6.07) is 20.2. The molecule has 6 nitrogen and oxygen atoms in total. The molecule has 0 N–H and O–H groups in total. The van der Waals surface area contributed by atoms with E-state index in [1.54, 1.807) is 21.8 Å².